The summed E-state index contributed by atoms with van der Waals surface area (Å²) >= 11 is 0. The van der Waals surface area contributed by atoms with Gasteiger partial charge in [-0.15, -0.1) is 0 Å². The molecule has 0 fully saturated rings. The Balaban J connectivity index is 1.81. The lowest BCUT2D eigenvalue weighted by molar-refractivity contribution is 0.0915. The molecule has 0 N–H and O–H groups in total. The maximum absolute atomic E-state index is 12.5. The van der Waals surface area contributed by atoms with Gasteiger partial charge < -0.3 is 9.64 Å². The number of benzene rings is 1. The minimum absolute atomic E-state index is 0.207. The van der Waals surface area contributed by atoms with Crippen LogP contribution in [0.1, 0.15) is 43.3 Å². The number of rotatable bonds is 3. The Hall–Kier alpha value is -2.41. The van der Waals surface area contributed by atoms with Crippen molar-refractivity contribution in [2.24, 2.45) is 0 Å². The zero-order valence-electron chi connectivity index (χ0n) is 16.7. The van der Waals surface area contributed by atoms with E-state index < -0.39 is 15.9 Å². The summed E-state index contributed by atoms with van der Waals surface area (Å²) in [7, 11) is -3.43. The molecule has 1 amide bonds. The highest BCUT2D eigenvalue weighted by Crippen LogP contribution is 2.31. The van der Waals surface area contributed by atoms with Gasteiger partial charge in [0.25, 0.3) is 0 Å². The highest BCUT2D eigenvalue weighted by Gasteiger charge is 2.30. The number of hydrogen-bond acceptors (Lipinski definition) is 5. The average Bonchev–Trinajstić information content (AvgIpc) is 2.64. The summed E-state index contributed by atoms with van der Waals surface area (Å²) in [6.45, 7) is 6.85. The zero-order valence-corrected chi connectivity index (χ0v) is 17.5. The lowest BCUT2D eigenvalue weighted by Gasteiger charge is -2.30. The molecule has 1 aromatic heterocycles. The van der Waals surface area contributed by atoms with Gasteiger partial charge in [-0.25, -0.2) is 13.2 Å². The van der Waals surface area contributed by atoms with Gasteiger partial charge in [0, 0.05) is 30.3 Å². The number of sulfone groups is 1. The molecule has 0 saturated carbocycles. The van der Waals surface area contributed by atoms with Gasteiger partial charge in [0.15, 0.2) is 9.84 Å². The molecular formula is C21H26N2O4S. The van der Waals surface area contributed by atoms with Crippen molar-refractivity contribution in [1.29, 1.82) is 0 Å². The Morgan fingerprint density at radius 2 is 1.89 bits per heavy atom. The molecule has 1 aliphatic heterocycles. The van der Waals surface area contributed by atoms with Crippen molar-refractivity contribution in [1.82, 2.24) is 9.88 Å². The summed E-state index contributed by atoms with van der Waals surface area (Å²) < 4.78 is 30.0. The molecule has 3 rings (SSSR count). The third kappa shape index (κ3) is 4.52. The smallest absolute Gasteiger partial charge is 0.410 e. The predicted molar refractivity (Wildman–Crippen MR) is 107 cm³/mol. The van der Waals surface area contributed by atoms with E-state index in [1.807, 2.05) is 51.1 Å². The molecule has 0 bridgehead atoms. The second kappa shape index (κ2) is 7.54. The van der Waals surface area contributed by atoms with Crippen LogP contribution in [0.3, 0.4) is 0 Å². The first-order valence-corrected chi connectivity index (χ1v) is 11.1. The van der Waals surface area contributed by atoms with Crippen molar-refractivity contribution in [2.45, 2.75) is 50.7 Å². The molecule has 0 aliphatic carbocycles. The minimum atomic E-state index is -3.43. The maximum atomic E-state index is 12.5. The van der Waals surface area contributed by atoms with Crippen molar-refractivity contribution >= 4 is 15.9 Å². The van der Waals surface area contributed by atoms with Crippen LogP contribution in [0, 0.1) is 0 Å². The molecule has 28 heavy (non-hydrogen) atoms. The summed E-state index contributed by atoms with van der Waals surface area (Å²) in [5.41, 5.74) is 2.72. The SMILES string of the molecule is CC(C)(C)c1nc2c(cc1S(C)(=O)=O)CN(C(=O)OCc1ccccc1)CC2. The summed E-state index contributed by atoms with van der Waals surface area (Å²) in [5, 5.41) is 0. The quantitative estimate of drug-likeness (QED) is 0.786. The number of carbonyl (C=O) groups excluding carboxylic acids is 1. The first kappa shape index (κ1) is 20.3. The fourth-order valence-corrected chi connectivity index (χ4v) is 4.30. The van der Waals surface area contributed by atoms with Crippen molar-refractivity contribution in [2.75, 3.05) is 12.8 Å². The zero-order chi connectivity index (χ0) is 20.5. The first-order valence-electron chi connectivity index (χ1n) is 9.24. The van der Waals surface area contributed by atoms with Crippen molar-refractivity contribution in [3.05, 3.63) is 58.9 Å². The normalized spacial score (nSPS) is 14.5. The van der Waals surface area contributed by atoms with Gasteiger partial charge in [-0.2, -0.15) is 0 Å². The number of hydrogen-bond donors (Lipinski definition) is 0. The van der Waals surface area contributed by atoms with Gasteiger partial charge in [0.05, 0.1) is 17.1 Å². The van der Waals surface area contributed by atoms with Crippen LogP contribution in [0.15, 0.2) is 41.3 Å². The van der Waals surface area contributed by atoms with Crippen LogP contribution in [0.2, 0.25) is 0 Å². The predicted octanol–water partition coefficient (Wildman–Crippen LogP) is 3.48. The number of carbonyl (C=O) groups is 1. The Bertz CT molecular complexity index is 979. The molecule has 1 aromatic carbocycles. The van der Waals surface area contributed by atoms with Crippen molar-refractivity contribution < 1.29 is 17.9 Å². The summed E-state index contributed by atoms with van der Waals surface area (Å²) in [6, 6.07) is 11.2. The van der Waals surface area contributed by atoms with E-state index in [0.717, 1.165) is 16.8 Å². The highest BCUT2D eigenvalue weighted by atomic mass is 32.2. The first-order chi connectivity index (χ1) is 13.1. The Kier molecular flexibility index (Phi) is 5.48. The van der Waals surface area contributed by atoms with E-state index >= 15 is 0 Å². The third-order valence-corrected chi connectivity index (χ3v) is 5.82. The topological polar surface area (TPSA) is 76.6 Å². The lowest BCUT2D eigenvalue weighted by Crippen LogP contribution is -2.37. The highest BCUT2D eigenvalue weighted by molar-refractivity contribution is 7.90. The van der Waals surface area contributed by atoms with Gasteiger partial charge in [0.2, 0.25) is 0 Å². The van der Waals surface area contributed by atoms with E-state index in [2.05, 4.69) is 4.98 Å². The number of aromatic nitrogens is 1. The van der Waals surface area contributed by atoms with Crippen LogP contribution in [-0.2, 0) is 39.6 Å². The lowest BCUT2D eigenvalue weighted by atomic mass is 9.90. The molecule has 0 atom stereocenters. The van der Waals surface area contributed by atoms with Crippen LogP contribution in [-0.4, -0.2) is 37.2 Å². The molecule has 0 saturated heterocycles. The Labute approximate surface area is 166 Å². The van der Waals surface area contributed by atoms with Crippen LogP contribution >= 0.6 is 0 Å². The van der Waals surface area contributed by atoms with Crippen LogP contribution in [0.4, 0.5) is 4.79 Å². The number of ether oxygens (including phenoxy) is 1. The molecule has 0 radical (unpaired) electrons. The number of amides is 1. The summed E-state index contributed by atoms with van der Waals surface area (Å²) in [4.78, 5) is 19.0. The molecule has 1 aliphatic rings. The molecule has 0 spiro atoms. The molecule has 7 heteroatoms. The van der Waals surface area contributed by atoms with Gasteiger partial charge >= 0.3 is 6.09 Å². The second-order valence-corrected chi connectivity index (χ2v) is 10.2. The molecule has 2 heterocycles. The van der Waals surface area contributed by atoms with Crippen LogP contribution < -0.4 is 0 Å². The van der Waals surface area contributed by atoms with E-state index in [-0.39, 0.29) is 16.9 Å². The standard InChI is InChI=1S/C21H26N2O4S/c1-21(2,3)19-18(28(4,25)26)12-16-13-23(11-10-17(16)22-19)20(24)27-14-15-8-6-5-7-9-15/h5-9,12H,10-11,13-14H2,1-4H3. The fraction of sp³-hybridized carbons (Fsp3) is 0.429. The maximum Gasteiger partial charge on any atom is 0.410 e. The van der Waals surface area contributed by atoms with Crippen molar-refractivity contribution in [3.8, 4) is 0 Å². The van der Waals surface area contributed by atoms with Gasteiger partial charge in [-0.3, -0.25) is 4.98 Å². The van der Waals surface area contributed by atoms with Crippen molar-refractivity contribution in [3.63, 3.8) is 0 Å². The van der Waals surface area contributed by atoms with Crippen LogP contribution in [0.5, 0.6) is 0 Å². The molecule has 0 unspecified atom stereocenters. The Morgan fingerprint density at radius 3 is 2.50 bits per heavy atom. The largest absolute Gasteiger partial charge is 0.445 e. The fourth-order valence-electron chi connectivity index (χ4n) is 3.24. The average molecular weight is 403 g/mol. The van der Waals surface area contributed by atoms with Gasteiger partial charge in [-0.05, 0) is 17.2 Å². The molecule has 6 nitrogen and oxygen atoms in total. The molecule has 2 aromatic rings. The second-order valence-electron chi connectivity index (χ2n) is 8.17. The number of pyridine rings is 1. The van der Waals surface area contributed by atoms with Crippen LogP contribution in [0.25, 0.3) is 0 Å². The number of nitrogens with zero attached hydrogens (tertiary/aromatic N) is 2. The summed E-state index contributed by atoms with van der Waals surface area (Å²) in [6.07, 6.45) is 1.36. The third-order valence-electron chi connectivity index (χ3n) is 4.71. The van der Waals surface area contributed by atoms with E-state index in [4.69, 9.17) is 4.74 Å². The van der Waals surface area contributed by atoms with E-state index in [0.29, 0.717) is 25.2 Å². The monoisotopic (exact) mass is 402 g/mol. The summed E-state index contributed by atoms with van der Waals surface area (Å²) in [5.74, 6) is 0. The van der Waals surface area contributed by atoms with E-state index in [1.54, 1.807) is 11.0 Å². The van der Waals surface area contributed by atoms with E-state index in [9.17, 15) is 13.2 Å². The Morgan fingerprint density at radius 1 is 1.21 bits per heavy atom. The molecule has 150 valence electrons. The van der Waals surface area contributed by atoms with Gasteiger partial charge in [0.1, 0.15) is 6.61 Å². The number of fused-ring (bicyclic) bond motifs is 1. The van der Waals surface area contributed by atoms with E-state index in [1.165, 1.54) is 6.26 Å². The minimum Gasteiger partial charge on any atom is -0.445 e. The molecular weight excluding hydrogens is 376 g/mol. The van der Waals surface area contributed by atoms with Gasteiger partial charge in [-0.1, -0.05) is 51.1 Å².